The van der Waals surface area contributed by atoms with Crippen LogP contribution in [0.2, 0.25) is 0 Å². The van der Waals surface area contributed by atoms with Gasteiger partial charge in [0, 0.05) is 18.8 Å². The molecule has 0 atom stereocenters. The molecule has 0 aromatic heterocycles. The molecule has 5 heteroatoms. The molecule has 4 nitrogen and oxygen atoms in total. The first kappa shape index (κ1) is 13.5. The number of carbonyl (C=O) groups is 2. The maximum absolute atomic E-state index is 13.3. The van der Waals surface area contributed by atoms with Gasteiger partial charge in [-0.05, 0) is 38.0 Å². The molecular weight excluding hydrogens is 249 g/mol. The topological polar surface area (TPSA) is 46.6 Å². The summed E-state index contributed by atoms with van der Waals surface area (Å²) in [7, 11) is 0. The summed E-state index contributed by atoms with van der Waals surface area (Å²) in [4.78, 5) is 25.5. The van der Waals surface area contributed by atoms with Crippen molar-refractivity contribution in [3.05, 3.63) is 29.6 Å². The Labute approximate surface area is 111 Å². The fourth-order valence-electron chi connectivity index (χ4n) is 2.23. The molecule has 1 aromatic carbocycles. The van der Waals surface area contributed by atoms with E-state index in [1.54, 1.807) is 13.0 Å². The number of ketones is 1. The molecule has 0 saturated carbocycles. The zero-order valence-corrected chi connectivity index (χ0v) is 10.8. The van der Waals surface area contributed by atoms with Crippen molar-refractivity contribution in [1.82, 2.24) is 0 Å². The summed E-state index contributed by atoms with van der Waals surface area (Å²) >= 11 is 0. The maximum Gasteiger partial charge on any atom is 0.379 e. The van der Waals surface area contributed by atoms with E-state index in [4.69, 9.17) is 0 Å². The number of rotatable bonds is 4. The van der Waals surface area contributed by atoms with Gasteiger partial charge in [-0.2, -0.15) is 0 Å². The summed E-state index contributed by atoms with van der Waals surface area (Å²) in [6, 6.07) is 3.95. The zero-order chi connectivity index (χ0) is 13.8. The first-order valence-electron chi connectivity index (χ1n) is 6.39. The molecule has 1 fully saturated rings. The van der Waals surface area contributed by atoms with Crippen LogP contribution in [0.4, 0.5) is 10.1 Å². The molecule has 1 aromatic rings. The van der Waals surface area contributed by atoms with Crippen LogP contribution in [0.1, 0.15) is 30.1 Å². The molecule has 0 radical (unpaired) electrons. The lowest BCUT2D eigenvalue weighted by Gasteiger charge is -2.20. The van der Waals surface area contributed by atoms with Crippen LogP contribution in [-0.2, 0) is 9.53 Å². The van der Waals surface area contributed by atoms with Crippen LogP contribution >= 0.6 is 0 Å². The molecular formula is C14H16FNO3. The summed E-state index contributed by atoms with van der Waals surface area (Å²) in [5, 5.41) is 0. The highest BCUT2D eigenvalue weighted by atomic mass is 19.1. The van der Waals surface area contributed by atoms with E-state index in [1.165, 1.54) is 6.07 Å². The Morgan fingerprint density at radius 1 is 1.32 bits per heavy atom. The second kappa shape index (κ2) is 5.82. The van der Waals surface area contributed by atoms with E-state index >= 15 is 0 Å². The Morgan fingerprint density at radius 2 is 2.00 bits per heavy atom. The summed E-state index contributed by atoms with van der Waals surface area (Å²) < 4.78 is 18.0. The number of halogens is 1. The van der Waals surface area contributed by atoms with Gasteiger partial charge in [0.25, 0.3) is 5.78 Å². The number of hydrogen-bond donors (Lipinski definition) is 0. The predicted molar refractivity (Wildman–Crippen MR) is 68.8 cm³/mol. The normalized spacial score (nSPS) is 14.5. The number of hydrogen-bond acceptors (Lipinski definition) is 4. The number of esters is 1. The van der Waals surface area contributed by atoms with Gasteiger partial charge in [-0.15, -0.1) is 0 Å². The maximum atomic E-state index is 13.3. The fourth-order valence-corrected chi connectivity index (χ4v) is 2.23. The van der Waals surface area contributed by atoms with Crippen molar-refractivity contribution in [2.45, 2.75) is 19.8 Å². The highest BCUT2D eigenvalue weighted by Crippen LogP contribution is 2.26. The highest BCUT2D eigenvalue weighted by Gasteiger charge is 2.25. The van der Waals surface area contributed by atoms with E-state index in [0.717, 1.165) is 32.0 Å². The minimum absolute atomic E-state index is 0.0837. The van der Waals surface area contributed by atoms with Crippen LogP contribution in [0.25, 0.3) is 0 Å². The molecule has 1 aliphatic heterocycles. The molecule has 0 bridgehead atoms. The van der Waals surface area contributed by atoms with Crippen LogP contribution < -0.4 is 4.90 Å². The average molecular weight is 265 g/mol. The Morgan fingerprint density at radius 3 is 2.63 bits per heavy atom. The molecule has 19 heavy (non-hydrogen) atoms. The van der Waals surface area contributed by atoms with Crippen molar-refractivity contribution in [1.29, 1.82) is 0 Å². The minimum atomic E-state index is -0.937. The van der Waals surface area contributed by atoms with Crippen molar-refractivity contribution in [3.63, 3.8) is 0 Å². The van der Waals surface area contributed by atoms with E-state index < -0.39 is 17.6 Å². The van der Waals surface area contributed by atoms with Gasteiger partial charge < -0.3 is 9.64 Å². The van der Waals surface area contributed by atoms with Crippen LogP contribution in [0.5, 0.6) is 0 Å². The van der Waals surface area contributed by atoms with E-state index in [2.05, 4.69) is 4.74 Å². The lowest BCUT2D eigenvalue weighted by molar-refractivity contribution is -0.137. The van der Waals surface area contributed by atoms with Gasteiger partial charge in [0.05, 0.1) is 12.2 Å². The lowest BCUT2D eigenvalue weighted by Crippen LogP contribution is -2.24. The number of anilines is 1. The Bertz CT molecular complexity index is 495. The molecule has 0 spiro atoms. The molecule has 1 heterocycles. The smallest absolute Gasteiger partial charge is 0.379 e. The number of ether oxygens (including phenoxy) is 1. The molecule has 0 unspecified atom stereocenters. The quantitative estimate of drug-likeness (QED) is 0.475. The van der Waals surface area contributed by atoms with Gasteiger partial charge in [0.2, 0.25) is 0 Å². The van der Waals surface area contributed by atoms with Crippen LogP contribution in [0.15, 0.2) is 18.2 Å². The number of nitrogens with zero attached hydrogens (tertiary/aromatic N) is 1. The monoisotopic (exact) mass is 265 g/mol. The first-order valence-corrected chi connectivity index (χ1v) is 6.39. The SMILES string of the molecule is CCOC(=O)C(=O)c1cc(F)ccc1N1CCCC1. The van der Waals surface area contributed by atoms with Crippen molar-refractivity contribution < 1.29 is 18.7 Å². The largest absolute Gasteiger partial charge is 0.460 e. The number of carbonyl (C=O) groups excluding carboxylic acids is 2. The third-order valence-electron chi connectivity index (χ3n) is 3.11. The Balaban J connectivity index is 2.34. The Hall–Kier alpha value is -1.91. The summed E-state index contributed by atoms with van der Waals surface area (Å²) in [6.45, 7) is 3.38. The van der Waals surface area contributed by atoms with Crippen molar-refractivity contribution in [2.24, 2.45) is 0 Å². The third kappa shape index (κ3) is 2.92. The second-order valence-corrected chi connectivity index (χ2v) is 4.41. The summed E-state index contributed by atoms with van der Waals surface area (Å²) in [5.41, 5.74) is 0.692. The molecule has 1 saturated heterocycles. The van der Waals surface area contributed by atoms with Crippen molar-refractivity contribution in [2.75, 3.05) is 24.6 Å². The van der Waals surface area contributed by atoms with Crippen molar-refractivity contribution >= 4 is 17.4 Å². The predicted octanol–water partition coefficient (Wildman–Crippen LogP) is 2.17. The van der Waals surface area contributed by atoms with Gasteiger partial charge in [-0.25, -0.2) is 9.18 Å². The summed E-state index contributed by atoms with van der Waals surface area (Å²) in [6.07, 6.45) is 2.06. The van der Waals surface area contributed by atoms with E-state index in [0.29, 0.717) is 5.69 Å². The average Bonchev–Trinajstić information content (AvgIpc) is 2.92. The van der Waals surface area contributed by atoms with Gasteiger partial charge in [-0.1, -0.05) is 0 Å². The van der Waals surface area contributed by atoms with Crippen molar-refractivity contribution in [3.8, 4) is 0 Å². The second-order valence-electron chi connectivity index (χ2n) is 4.41. The van der Waals surface area contributed by atoms with Gasteiger partial charge in [-0.3, -0.25) is 4.79 Å². The third-order valence-corrected chi connectivity index (χ3v) is 3.11. The molecule has 0 aliphatic carbocycles. The fraction of sp³-hybridized carbons (Fsp3) is 0.429. The van der Waals surface area contributed by atoms with Gasteiger partial charge >= 0.3 is 5.97 Å². The highest BCUT2D eigenvalue weighted by molar-refractivity contribution is 6.41. The van der Waals surface area contributed by atoms with Crippen LogP contribution in [0.3, 0.4) is 0 Å². The Kier molecular flexibility index (Phi) is 4.14. The number of Topliss-reactive ketones (excluding diaryl/α,β-unsaturated/α-hetero) is 1. The first-order chi connectivity index (χ1) is 9.13. The molecule has 0 N–H and O–H groups in total. The van der Waals surface area contributed by atoms with E-state index in [1.807, 2.05) is 4.90 Å². The van der Waals surface area contributed by atoms with Gasteiger partial charge in [0.1, 0.15) is 5.82 Å². The van der Waals surface area contributed by atoms with Crippen LogP contribution in [-0.4, -0.2) is 31.4 Å². The van der Waals surface area contributed by atoms with Gasteiger partial charge in [0.15, 0.2) is 0 Å². The standard InChI is InChI=1S/C14H16FNO3/c1-2-19-14(18)13(17)11-9-10(15)5-6-12(11)16-7-3-4-8-16/h5-6,9H,2-4,7-8H2,1H3. The van der Waals surface area contributed by atoms with E-state index in [-0.39, 0.29) is 12.2 Å². The minimum Gasteiger partial charge on any atom is -0.460 e. The molecule has 2 rings (SSSR count). The lowest BCUT2D eigenvalue weighted by atomic mass is 10.1. The molecule has 0 amide bonds. The molecule has 1 aliphatic rings. The van der Waals surface area contributed by atoms with E-state index in [9.17, 15) is 14.0 Å². The number of benzene rings is 1. The summed E-state index contributed by atoms with van der Waals surface area (Å²) in [5.74, 6) is -2.26. The zero-order valence-electron chi connectivity index (χ0n) is 10.8. The molecule has 102 valence electrons. The van der Waals surface area contributed by atoms with Crippen LogP contribution in [0, 0.1) is 5.82 Å².